The number of nitrogens with one attached hydrogen (secondary N) is 2. The maximum Gasteiger partial charge on any atom is 0.339 e. The minimum absolute atomic E-state index is 0.439. The molecule has 12 nitrogen and oxygen atoms in total. The SMILES string of the molecule is O=C(O)CNCP(=O)(O)O.O=C(O)CNCP(=O)(O)O. The van der Waals surface area contributed by atoms with Crippen LogP contribution in [-0.2, 0) is 18.7 Å². The van der Waals surface area contributed by atoms with E-state index in [1.54, 1.807) is 0 Å². The average molecular weight is 338 g/mol. The Hall–Kier alpha value is -0.840. The largest absolute Gasteiger partial charge is 0.480 e. The summed E-state index contributed by atoms with van der Waals surface area (Å²) in [5.74, 6) is -2.29. The fourth-order valence-corrected chi connectivity index (χ4v) is 1.42. The van der Waals surface area contributed by atoms with Gasteiger partial charge in [-0.25, -0.2) is 0 Å². The standard InChI is InChI=1S/2C3H8NO5P/c2*5-3(6)1-4-2-10(7,8)9/h2*4H,1-2H2,(H,5,6)(H2,7,8,9). The van der Waals surface area contributed by atoms with Gasteiger partial charge in [0.1, 0.15) is 0 Å². The summed E-state index contributed by atoms with van der Waals surface area (Å²) in [5, 5.41) is 20.1. The third kappa shape index (κ3) is 25.9. The topological polar surface area (TPSA) is 214 Å². The summed E-state index contributed by atoms with van der Waals surface area (Å²) < 4.78 is 20.1. The van der Waals surface area contributed by atoms with Crippen LogP contribution in [0, 0.1) is 0 Å². The van der Waals surface area contributed by atoms with Crippen molar-refractivity contribution in [1.29, 1.82) is 0 Å². The van der Waals surface area contributed by atoms with Gasteiger partial charge in [-0.1, -0.05) is 0 Å². The molecular weight excluding hydrogens is 322 g/mol. The Bertz CT molecular complexity index is 363. The maximum atomic E-state index is 10.1. The second kappa shape index (κ2) is 9.97. The lowest BCUT2D eigenvalue weighted by molar-refractivity contribution is -0.136. The highest BCUT2D eigenvalue weighted by Crippen LogP contribution is 2.32. The Morgan fingerprint density at radius 2 is 1.00 bits per heavy atom. The number of aliphatic carboxylic acids is 2. The molecule has 0 fully saturated rings. The first kappa shape index (κ1) is 21.5. The van der Waals surface area contributed by atoms with Crippen LogP contribution in [0.15, 0.2) is 0 Å². The zero-order valence-corrected chi connectivity index (χ0v) is 11.8. The van der Waals surface area contributed by atoms with Crippen molar-refractivity contribution in [1.82, 2.24) is 10.6 Å². The molecule has 14 heteroatoms. The van der Waals surface area contributed by atoms with Gasteiger partial charge in [-0.15, -0.1) is 0 Å². The van der Waals surface area contributed by atoms with E-state index in [9.17, 15) is 18.7 Å². The fourth-order valence-electron chi connectivity index (χ4n) is 0.617. The Kier molecular flexibility index (Phi) is 10.7. The molecule has 20 heavy (non-hydrogen) atoms. The molecule has 120 valence electrons. The first-order valence-corrected chi connectivity index (χ1v) is 8.37. The van der Waals surface area contributed by atoms with Gasteiger partial charge in [0.15, 0.2) is 0 Å². The summed E-state index contributed by atoms with van der Waals surface area (Å²) in [7, 11) is -8.19. The van der Waals surface area contributed by atoms with E-state index in [0.717, 1.165) is 0 Å². The van der Waals surface area contributed by atoms with Gasteiger partial charge < -0.3 is 29.8 Å². The lowest BCUT2D eigenvalue weighted by Crippen LogP contribution is -2.23. The van der Waals surface area contributed by atoms with E-state index in [-0.39, 0.29) is 0 Å². The van der Waals surface area contributed by atoms with Crippen LogP contribution in [0.2, 0.25) is 0 Å². The van der Waals surface area contributed by atoms with E-state index in [2.05, 4.69) is 10.6 Å². The predicted octanol–water partition coefficient (Wildman–Crippen LogP) is -2.41. The maximum absolute atomic E-state index is 10.1. The Labute approximate surface area is 113 Å². The molecule has 0 heterocycles. The number of carboxylic acids is 2. The molecule has 0 spiro atoms. The van der Waals surface area contributed by atoms with Crippen LogP contribution < -0.4 is 10.6 Å². The molecule has 0 saturated carbocycles. The van der Waals surface area contributed by atoms with Crippen LogP contribution in [0.1, 0.15) is 0 Å². The summed E-state index contributed by atoms with van der Waals surface area (Å²) in [4.78, 5) is 52.3. The normalized spacial score (nSPS) is 11.4. The van der Waals surface area contributed by atoms with Crippen LogP contribution in [0.25, 0.3) is 0 Å². The Balaban J connectivity index is 0. The average Bonchev–Trinajstić information content (AvgIpc) is 2.12. The van der Waals surface area contributed by atoms with Gasteiger partial charge in [0.05, 0.1) is 25.7 Å². The lowest BCUT2D eigenvalue weighted by Gasteiger charge is -2.02. The lowest BCUT2D eigenvalue weighted by atomic mass is 10.7. The summed E-state index contributed by atoms with van der Waals surface area (Å²) >= 11 is 0. The van der Waals surface area contributed by atoms with Crippen molar-refractivity contribution in [2.75, 3.05) is 25.7 Å². The molecule has 0 aromatic rings. The molecule has 0 radical (unpaired) electrons. The van der Waals surface area contributed by atoms with Crippen molar-refractivity contribution in [2.45, 2.75) is 0 Å². The highest BCUT2D eigenvalue weighted by Gasteiger charge is 2.12. The van der Waals surface area contributed by atoms with Gasteiger partial charge >= 0.3 is 27.1 Å². The monoisotopic (exact) mass is 338 g/mol. The number of hydrogen-bond donors (Lipinski definition) is 8. The van der Waals surface area contributed by atoms with Gasteiger partial charge in [-0.05, 0) is 0 Å². The summed E-state index contributed by atoms with van der Waals surface area (Å²) in [6.45, 7) is -0.879. The summed E-state index contributed by atoms with van der Waals surface area (Å²) in [6, 6.07) is 0. The molecule has 0 aliphatic carbocycles. The molecule has 0 unspecified atom stereocenters. The van der Waals surface area contributed by atoms with Crippen LogP contribution in [0.3, 0.4) is 0 Å². The van der Waals surface area contributed by atoms with Crippen molar-refractivity contribution in [3.63, 3.8) is 0 Å². The second-order valence-corrected chi connectivity index (χ2v) is 6.58. The quantitative estimate of drug-likeness (QED) is 0.217. The van der Waals surface area contributed by atoms with E-state index < -0.39 is 52.8 Å². The molecule has 0 atom stereocenters. The summed E-state index contributed by atoms with van der Waals surface area (Å²) in [6.07, 6.45) is -1.20. The van der Waals surface area contributed by atoms with E-state index in [1.165, 1.54) is 0 Å². The molecule has 8 N–H and O–H groups in total. The van der Waals surface area contributed by atoms with Crippen LogP contribution in [0.5, 0.6) is 0 Å². The van der Waals surface area contributed by atoms with Crippen molar-refractivity contribution < 1.29 is 48.5 Å². The number of carbonyl (C=O) groups is 2. The fraction of sp³-hybridized carbons (Fsp3) is 0.667. The highest BCUT2D eigenvalue weighted by molar-refractivity contribution is 7.51. The molecule has 0 rings (SSSR count). The summed E-state index contributed by atoms with van der Waals surface area (Å²) in [5.41, 5.74) is 0. The molecule has 0 aliphatic rings. The van der Waals surface area contributed by atoms with Crippen molar-refractivity contribution in [3.05, 3.63) is 0 Å². The number of carboxylic acid groups (broad SMARTS) is 2. The van der Waals surface area contributed by atoms with Crippen LogP contribution >= 0.6 is 15.2 Å². The molecular formula is C6H16N2O10P2. The van der Waals surface area contributed by atoms with E-state index >= 15 is 0 Å². The molecule has 0 amide bonds. The van der Waals surface area contributed by atoms with Crippen LogP contribution in [0.4, 0.5) is 0 Å². The third-order valence-electron chi connectivity index (χ3n) is 1.19. The predicted molar refractivity (Wildman–Crippen MR) is 65.1 cm³/mol. The molecule has 0 aromatic heterocycles. The third-order valence-corrected chi connectivity index (χ3v) is 2.46. The molecule has 0 aliphatic heterocycles. The highest BCUT2D eigenvalue weighted by atomic mass is 31.2. The van der Waals surface area contributed by atoms with Gasteiger partial charge in [0, 0.05) is 0 Å². The second-order valence-electron chi connectivity index (χ2n) is 3.29. The van der Waals surface area contributed by atoms with Gasteiger partial charge in [0.25, 0.3) is 0 Å². The smallest absolute Gasteiger partial charge is 0.339 e. The first-order valence-electron chi connectivity index (χ1n) is 4.77. The first-order chi connectivity index (χ1) is 8.83. The Morgan fingerprint density at radius 3 is 1.15 bits per heavy atom. The van der Waals surface area contributed by atoms with Crippen molar-refractivity contribution in [2.24, 2.45) is 0 Å². The van der Waals surface area contributed by atoms with Gasteiger partial charge in [-0.2, -0.15) is 0 Å². The minimum atomic E-state index is -4.10. The van der Waals surface area contributed by atoms with Crippen molar-refractivity contribution in [3.8, 4) is 0 Å². The zero-order chi connectivity index (χ0) is 16.4. The van der Waals surface area contributed by atoms with E-state index in [0.29, 0.717) is 0 Å². The van der Waals surface area contributed by atoms with E-state index in [1.807, 2.05) is 0 Å². The molecule has 0 aromatic carbocycles. The molecule has 0 saturated heterocycles. The zero-order valence-electron chi connectivity index (χ0n) is 10.0. The Morgan fingerprint density at radius 1 is 0.750 bits per heavy atom. The van der Waals surface area contributed by atoms with Crippen LogP contribution in [-0.4, -0.2) is 67.4 Å². The van der Waals surface area contributed by atoms with E-state index in [4.69, 9.17) is 29.8 Å². The van der Waals surface area contributed by atoms with Gasteiger partial charge in [0.2, 0.25) is 0 Å². The number of rotatable bonds is 8. The minimum Gasteiger partial charge on any atom is -0.480 e. The van der Waals surface area contributed by atoms with Gasteiger partial charge in [-0.3, -0.25) is 29.4 Å². The van der Waals surface area contributed by atoms with Crippen molar-refractivity contribution >= 4 is 27.1 Å². The number of hydrogen-bond acceptors (Lipinski definition) is 6. The molecule has 0 bridgehead atoms.